The molecule has 0 aromatic carbocycles. The van der Waals surface area contributed by atoms with Gasteiger partial charge in [0.05, 0.1) is 5.69 Å². The molecule has 1 aliphatic rings. The molecule has 1 fully saturated rings. The molecule has 1 aromatic heterocycles. The fraction of sp³-hybridized carbons (Fsp3) is 0.700. The molecule has 4 heteroatoms. The van der Waals surface area contributed by atoms with E-state index in [4.69, 9.17) is 10.5 Å². The molecule has 0 amide bonds. The maximum absolute atomic E-state index is 5.83. The highest BCUT2D eigenvalue weighted by Gasteiger charge is 2.15. The largest absolute Gasteiger partial charge is 0.384 e. The van der Waals surface area contributed by atoms with E-state index in [0.29, 0.717) is 5.92 Å². The highest BCUT2D eigenvalue weighted by Crippen LogP contribution is 2.18. The van der Waals surface area contributed by atoms with Crippen LogP contribution in [-0.2, 0) is 11.3 Å². The molecule has 2 rings (SSSR count). The van der Waals surface area contributed by atoms with Crippen LogP contribution in [0.15, 0.2) is 6.07 Å². The van der Waals surface area contributed by atoms with Crippen molar-refractivity contribution in [1.82, 2.24) is 9.78 Å². The van der Waals surface area contributed by atoms with Crippen molar-refractivity contribution >= 4 is 5.82 Å². The molecule has 0 aliphatic carbocycles. The van der Waals surface area contributed by atoms with Crippen molar-refractivity contribution in [2.75, 3.05) is 18.9 Å². The van der Waals surface area contributed by atoms with Gasteiger partial charge in [0.2, 0.25) is 0 Å². The second-order valence-electron chi connectivity index (χ2n) is 3.95. The van der Waals surface area contributed by atoms with Crippen LogP contribution in [0.4, 0.5) is 5.82 Å². The van der Waals surface area contributed by atoms with Crippen LogP contribution >= 0.6 is 0 Å². The third-order valence-electron chi connectivity index (χ3n) is 2.71. The zero-order valence-corrected chi connectivity index (χ0v) is 8.57. The van der Waals surface area contributed by atoms with Crippen molar-refractivity contribution in [2.45, 2.75) is 26.3 Å². The summed E-state index contributed by atoms with van der Waals surface area (Å²) in [5.74, 6) is 1.44. The van der Waals surface area contributed by atoms with Gasteiger partial charge in [0.1, 0.15) is 5.82 Å². The maximum atomic E-state index is 5.83. The molecule has 2 heterocycles. The van der Waals surface area contributed by atoms with Crippen molar-refractivity contribution in [3.63, 3.8) is 0 Å². The summed E-state index contributed by atoms with van der Waals surface area (Å²) in [4.78, 5) is 0. The van der Waals surface area contributed by atoms with Crippen LogP contribution in [0.3, 0.4) is 0 Å². The van der Waals surface area contributed by atoms with Crippen LogP contribution in [-0.4, -0.2) is 23.0 Å². The number of aromatic nitrogens is 2. The summed E-state index contributed by atoms with van der Waals surface area (Å²) in [6, 6.07) is 1.92. The summed E-state index contributed by atoms with van der Waals surface area (Å²) in [6.07, 6.45) is 2.25. The lowest BCUT2D eigenvalue weighted by molar-refractivity contribution is 0.0603. The molecule has 1 aliphatic heterocycles. The Morgan fingerprint density at radius 3 is 2.86 bits per heavy atom. The third kappa shape index (κ3) is 2.07. The summed E-state index contributed by atoms with van der Waals surface area (Å²) in [7, 11) is 0. The fourth-order valence-electron chi connectivity index (χ4n) is 1.89. The standard InChI is InChI=1S/C10H17N3O/c1-8-6-10(11)13(12-8)7-9-2-4-14-5-3-9/h6,9H,2-5,7,11H2,1H3. The van der Waals surface area contributed by atoms with Gasteiger partial charge in [0.15, 0.2) is 0 Å². The quantitative estimate of drug-likeness (QED) is 0.771. The highest BCUT2D eigenvalue weighted by molar-refractivity contribution is 5.30. The summed E-state index contributed by atoms with van der Waals surface area (Å²) >= 11 is 0. The van der Waals surface area contributed by atoms with Crippen molar-refractivity contribution in [3.8, 4) is 0 Å². The summed E-state index contributed by atoms with van der Waals surface area (Å²) < 4.78 is 7.22. The summed E-state index contributed by atoms with van der Waals surface area (Å²) in [5, 5.41) is 4.36. The lowest BCUT2D eigenvalue weighted by Crippen LogP contribution is -2.21. The lowest BCUT2D eigenvalue weighted by atomic mass is 10.0. The van der Waals surface area contributed by atoms with Gasteiger partial charge in [-0.25, -0.2) is 4.68 Å². The molecule has 4 nitrogen and oxygen atoms in total. The van der Waals surface area contributed by atoms with Crippen LogP contribution in [0.25, 0.3) is 0 Å². The molecule has 2 N–H and O–H groups in total. The van der Waals surface area contributed by atoms with Gasteiger partial charge in [-0.05, 0) is 25.7 Å². The van der Waals surface area contributed by atoms with Gasteiger partial charge in [0, 0.05) is 25.8 Å². The Morgan fingerprint density at radius 2 is 2.29 bits per heavy atom. The van der Waals surface area contributed by atoms with E-state index in [0.717, 1.165) is 44.1 Å². The second-order valence-corrected chi connectivity index (χ2v) is 3.95. The number of nitrogens with two attached hydrogens (primary N) is 1. The molecule has 14 heavy (non-hydrogen) atoms. The minimum atomic E-state index is 0.672. The minimum absolute atomic E-state index is 0.672. The SMILES string of the molecule is Cc1cc(N)n(CC2CCOCC2)n1. The number of hydrogen-bond acceptors (Lipinski definition) is 3. The summed E-state index contributed by atoms with van der Waals surface area (Å²) in [6.45, 7) is 4.66. The normalized spacial score (nSPS) is 18.6. The van der Waals surface area contributed by atoms with Crippen LogP contribution in [0, 0.1) is 12.8 Å². The number of anilines is 1. The number of nitrogen functional groups attached to an aromatic ring is 1. The lowest BCUT2D eigenvalue weighted by Gasteiger charge is -2.22. The van der Waals surface area contributed by atoms with Gasteiger partial charge >= 0.3 is 0 Å². The topological polar surface area (TPSA) is 53.1 Å². The Kier molecular flexibility index (Phi) is 2.72. The predicted molar refractivity (Wildman–Crippen MR) is 54.9 cm³/mol. The van der Waals surface area contributed by atoms with E-state index in [1.54, 1.807) is 0 Å². The Balaban J connectivity index is 1.98. The molecular formula is C10H17N3O. The van der Waals surface area contributed by atoms with E-state index in [2.05, 4.69) is 5.10 Å². The van der Waals surface area contributed by atoms with E-state index >= 15 is 0 Å². The van der Waals surface area contributed by atoms with Gasteiger partial charge in [-0.15, -0.1) is 0 Å². The van der Waals surface area contributed by atoms with Crippen LogP contribution in [0.5, 0.6) is 0 Å². The Labute approximate surface area is 84.0 Å². The Morgan fingerprint density at radius 1 is 1.57 bits per heavy atom. The number of rotatable bonds is 2. The van der Waals surface area contributed by atoms with Gasteiger partial charge in [0.25, 0.3) is 0 Å². The number of ether oxygens (including phenoxy) is 1. The monoisotopic (exact) mass is 195 g/mol. The van der Waals surface area contributed by atoms with Crippen molar-refractivity contribution in [3.05, 3.63) is 11.8 Å². The van der Waals surface area contributed by atoms with Gasteiger partial charge in [-0.3, -0.25) is 0 Å². The van der Waals surface area contributed by atoms with Crippen molar-refractivity contribution < 1.29 is 4.74 Å². The third-order valence-corrected chi connectivity index (χ3v) is 2.71. The predicted octanol–water partition coefficient (Wildman–Crippen LogP) is 1.20. The second kappa shape index (κ2) is 4.00. The van der Waals surface area contributed by atoms with Gasteiger partial charge in [-0.2, -0.15) is 5.10 Å². The number of aryl methyl sites for hydroxylation is 1. The van der Waals surface area contributed by atoms with Crippen LogP contribution in [0.2, 0.25) is 0 Å². The molecular weight excluding hydrogens is 178 g/mol. The molecule has 0 radical (unpaired) electrons. The first-order valence-electron chi connectivity index (χ1n) is 5.13. The van der Waals surface area contributed by atoms with E-state index < -0.39 is 0 Å². The van der Waals surface area contributed by atoms with Crippen LogP contribution < -0.4 is 5.73 Å². The smallest absolute Gasteiger partial charge is 0.121 e. The fourth-order valence-corrected chi connectivity index (χ4v) is 1.89. The number of hydrogen-bond donors (Lipinski definition) is 1. The van der Waals surface area contributed by atoms with Gasteiger partial charge in [-0.1, -0.05) is 0 Å². The highest BCUT2D eigenvalue weighted by atomic mass is 16.5. The first-order valence-corrected chi connectivity index (χ1v) is 5.13. The molecule has 0 saturated carbocycles. The van der Waals surface area contributed by atoms with E-state index in [-0.39, 0.29) is 0 Å². The molecule has 0 unspecified atom stereocenters. The van der Waals surface area contributed by atoms with E-state index in [9.17, 15) is 0 Å². The molecule has 0 spiro atoms. The maximum Gasteiger partial charge on any atom is 0.121 e. The molecule has 78 valence electrons. The zero-order chi connectivity index (χ0) is 9.97. The first-order chi connectivity index (χ1) is 6.75. The van der Waals surface area contributed by atoms with Crippen molar-refractivity contribution in [1.29, 1.82) is 0 Å². The number of nitrogens with zero attached hydrogens (tertiary/aromatic N) is 2. The molecule has 0 bridgehead atoms. The average molecular weight is 195 g/mol. The minimum Gasteiger partial charge on any atom is -0.384 e. The molecule has 1 aromatic rings. The Hall–Kier alpha value is -1.03. The Bertz CT molecular complexity index is 302. The van der Waals surface area contributed by atoms with Crippen molar-refractivity contribution in [2.24, 2.45) is 5.92 Å². The molecule has 0 atom stereocenters. The van der Waals surface area contributed by atoms with Crippen LogP contribution in [0.1, 0.15) is 18.5 Å². The van der Waals surface area contributed by atoms with E-state index in [1.165, 1.54) is 0 Å². The summed E-state index contributed by atoms with van der Waals surface area (Å²) in [5.41, 5.74) is 6.82. The zero-order valence-electron chi connectivity index (χ0n) is 8.57. The first kappa shape index (κ1) is 9.52. The molecule has 1 saturated heterocycles. The average Bonchev–Trinajstić information content (AvgIpc) is 2.47. The van der Waals surface area contributed by atoms with Gasteiger partial charge < -0.3 is 10.5 Å². The van der Waals surface area contributed by atoms with E-state index in [1.807, 2.05) is 17.7 Å².